The minimum absolute atomic E-state index is 0.154. The van der Waals surface area contributed by atoms with Crippen molar-refractivity contribution < 1.29 is 14.3 Å². The molecule has 1 heterocycles. The molecule has 2 amide bonds. The van der Waals surface area contributed by atoms with E-state index in [9.17, 15) is 9.59 Å². The van der Waals surface area contributed by atoms with E-state index in [0.29, 0.717) is 13.0 Å². The van der Waals surface area contributed by atoms with Crippen molar-refractivity contribution in [3.63, 3.8) is 0 Å². The minimum atomic E-state index is -0.687. The van der Waals surface area contributed by atoms with Gasteiger partial charge in [-0.25, -0.2) is 15.2 Å². The van der Waals surface area contributed by atoms with E-state index in [1.54, 1.807) is 12.5 Å². The number of hydrogen-bond acceptors (Lipinski definition) is 5. The lowest BCUT2D eigenvalue weighted by Gasteiger charge is -2.20. The van der Waals surface area contributed by atoms with Crippen molar-refractivity contribution in [3.8, 4) is 0 Å². The molecule has 0 saturated heterocycles. The van der Waals surface area contributed by atoms with Gasteiger partial charge in [0, 0.05) is 6.20 Å². The second-order valence-corrected chi connectivity index (χ2v) is 6.31. The zero-order chi connectivity index (χ0) is 18.8. The molecular weight excluding hydrogens is 334 g/mol. The number of nitrogens with zero attached hydrogens (tertiary/aromatic N) is 1. The Hall–Kier alpha value is -2.87. The molecule has 1 aromatic heterocycles. The highest BCUT2D eigenvalue weighted by molar-refractivity contribution is 5.85. The van der Waals surface area contributed by atoms with Crippen LogP contribution in [0.1, 0.15) is 31.5 Å². The summed E-state index contributed by atoms with van der Waals surface area (Å²) in [6.07, 6.45) is 3.09. The fourth-order valence-corrected chi connectivity index (χ4v) is 2.30. The van der Waals surface area contributed by atoms with Gasteiger partial charge in [-0.05, 0) is 17.9 Å². The van der Waals surface area contributed by atoms with Gasteiger partial charge in [0.2, 0.25) is 0 Å². The summed E-state index contributed by atoms with van der Waals surface area (Å²) in [6, 6.07) is 8.68. The predicted molar refractivity (Wildman–Crippen MR) is 96.6 cm³/mol. The summed E-state index contributed by atoms with van der Waals surface area (Å²) in [5, 5.41) is 2.63. The van der Waals surface area contributed by atoms with E-state index in [4.69, 9.17) is 4.74 Å². The molecule has 0 aliphatic rings. The number of aromatic amines is 1. The summed E-state index contributed by atoms with van der Waals surface area (Å²) in [6.45, 7) is 4.52. The number of benzene rings is 1. The van der Waals surface area contributed by atoms with E-state index < -0.39 is 12.1 Å². The van der Waals surface area contributed by atoms with E-state index in [1.807, 2.05) is 44.2 Å². The number of hydrogen-bond donors (Lipinski definition) is 4. The first kappa shape index (κ1) is 19.5. The molecule has 1 unspecified atom stereocenters. The van der Waals surface area contributed by atoms with Crippen LogP contribution in [0.4, 0.5) is 4.79 Å². The van der Waals surface area contributed by atoms with Crippen molar-refractivity contribution in [2.24, 2.45) is 5.92 Å². The van der Waals surface area contributed by atoms with Crippen LogP contribution in [0, 0.1) is 5.92 Å². The van der Waals surface area contributed by atoms with Gasteiger partial charge in [0.05, 0.1) is 18.6 Å². The molecule has 1 aromatic carbocycles. The quantitative estimate of drug-likeness (QED) is 0.511. The van der Waals surface area contributed by atoms with Gasteiger partial charge in [0.25, 0.3) is 5.91 Å². The highest BCUT2D eigenvalue weighted by atomic mass is 16.5. The fraction of sp³-hybridized carbons (Fsp3) is 0.389. The van der Waals surface area contributed by atoms with Crippen LogP contribution >= 0.6 is 0 Å². The Balaban J connectivity index is 1.80. The molecule has 140 valence electrons. The van der Waals surface area contributed by atoms with Crippen molar-refractivity contribution in [3.05, 3.63) is 54.1 Å². The van der Waals surface area contributed by atoms with Gasteiger partial charge in [-0.15, -0.1) is 0 Å². The highest BCUT2D eigenvalue weighted by Gasteiger charge is 2.22. The maximum Gasteiger partial charge on any atom is 0.408 e. The standard InChI is InChI=1S/C18H25N5O3/c1-13(2)8-16(17(24)23-21-10-15-9-19-12-20-15)22-18(25)26-11-14-6-4-3-5-7-14/h3-7,9,12-13,16,21H,8,10-11H2,1-2H3,(H,19,20)(H,22,25)(H,23,24). The van der Waals surface area contributed by atoms with E-state index in [2.05, 4.69) is 26.1 Å². The Morgan fingerprint density at radius 3 is 2.65 bits per heavy atom. The Labute approximate surface area is 152 Å². The van der Waals surface area contributed by atoms with Crippen LogP contribution < -0.4 is 16.2 Å². The number of nitrogens with one attached hydrogen (secondary N) is 4. The number of H-pyrrole nitrogens is 1. The number of alkyl carbamates (subject to hydrolysis) is 1. The van der Waals surface area contributed by atoms with Crippen LogP contribution in [0.25, 0.3) is 0 Å². The molecule has 0 fully saturated rings. The van der Waals surface area contributed by atoms with Crippen LogP contribution in [-0.4, -0.2) is 28.0 Å². The minimum Gasteiger partial charge on any atom is -0.445 e. The van der Waals surface area contributed by atoms with Crippen LogP contribution in [0.3, 0.4) is 0 Å². The third-order valence-corrected chi connectivity index (χ3v) is 3.57. The summed E-state index contributed by atoms with van der Waals surface area (Å²) < 4.78 is 5.19. The topological polar surface area (TPSA) is 108 Å². The predicted octanol–water partition coefficient (Wildman–Crippen LogP) is 1.87. The van der Waals surface area contributed by atoms with Gasteiger partial charge in [0.15, 0.2) is 0 Å². The maximum atomic E-state index is 12.3. The van der Waals surface area contributed by atoms with Crippen LogP contribution in [-0.2, 0) is 22.7 Å². The number of hydrazine groups is 1. The Morgan fingerprint density at radius 2 is 2.00 bits per heavy atom. The second kappa shape index (κ2) is 10.2. The lowest BCUT2D eigenvalue weighted by Crippen LogP contribution is -2.51. The molecule has 2 rings (SSSR count). The summed E-state index contributed by atoms with van der Waals surface area (Å²) in [7, 11) is 0. The molecule has 1 atom stereocenters. The van der Waals surface area contributed by atoms with Gasteiger partial charge in [0.1, 0.15) is 12.6 Å². The smallest absolute Gasteiger partial charge is 0.408 e. The molecule has 0 radical (unpaired) electrons. The zero-order valence-corrected chi connectivity index (χ0v) is 15.0. The van der Waals surface area contributed by atoms with E-state index in [-0.39, 0.29) is 18.4 Å². The lowest BCUT2D eigenvalue weighted by atomic mass is 10.0. The van der Waals surface area contributed by atoms with E-state index in [0.717, 1.165) is 11.3 Å². The number of aromatic nitrogens is 2. The average Bonchev–Trinajstić information content (AvgIpc) is 3.13. The first-order valence-corrected chi connectivity index (χ1v) is 8.51. The zero-order valence-electron chi connectivity index (χ0n) is 15.0. The maximum absolute atomic E-state index is 12.3. The molecule has 0 aliphatic carbocycles. The van der Waals surface area contributed by atoms with E-state index >= 15 is 0 Å². The molecule has 8 heteroatoms. The molecule has 0 bridgehead atoms. The molecule has 0 saturated carbocycles. The van der Waals surface area contributed by atoms with Crippen LogP contribution in [0.15, 0.2) is 42.9 Å². The Morgan fingerprint density at radius 1 is 1.23 bits per heavy atom. The largest absolute Gasteiger partial charge is 0.445 e. The number of carbonyl (C=O) groups excluding carboxylic acids is 2. The third kappa shape index (κ3) is 6.94. The summed E-state index contributed by atoms with van der Waals surface area (Å²) >= 11 is 0. The van der Waals surface area contributed by atoms with Crippen molar-refractivity contribution >= 4 is 12.0 Å². The summed E-state index contributed by atoms with van der Waals surface area (Å²) in [5.74, 6) is -0.0948. The monoisotopic (exact) mass is 359 g/mol. The Bertz CT molecular complexity index is 673. The summed E-state index contributed by atoms with van der Waals surface area (Å²) in [4.78, 5) is 31.2. The van der Waals surface area contributed by atoms with Gasteiger partial charge in [-0.3, -0.25) is 10.2 Å². The number of rotatable bonds is 9. The highest BCUT2D eigenvalue weighted by Crippen LogP contribution is 2.06. The SMILES string of the molecule is CC(C)CC(NC(=O)OCc1ccccc1)C(=O)NNCc1cnc[nH]1. The summed E-state index contributed by atoms with van der Waals surface area (Å²) in [5.41, 5.74) is 7.13. The molecule has 2 aromatic rings. The average molecular weight is 359 g/mol. The lowest BCUT2D eigenvalue weighted by molar-refractivity contribution is -0.124. The fourth-order valence-electron chi connectivity index (χ4n) is 2.30. The van der Waals surface area contributed by atoms with Gasteiger partial charge in [-0.1, -0.05) is 44.2 Å². The first-order chi connectivity index (χ1) is 12.5. The molecule has 8 nitrogen and oxygen atoms in total. The third-order valence-electron chi connectivity index (χ3n) is 3.57. The Kier molecular flexibility index (Phi) is 7.63. The molecule has 26 heavy (non-hydrogen) atoms. The van der Waals surface area contributed by atoms with Crippen LogP contribution in [0.5, 0.6) is 0 Å². The molecular formula is C18H25N5O3. The molecule has 0 aliphatic heterocycles. The van der Waals surface area contributed by atoms with E-state index in [1.165, 1.54) is 0 Å². The normalized spacial score (nSPS) is 11.8. The van der Waals surface area contributed by atoms with Crippen molar-refractivity contribution in [2.45, 2.75) is 39.5 Å². The number of amides is 2. The number of imidazole rings is 1. The van der Waals surface area contributed by atoms with Gasteiger partial charge in [-0.2, -0.15) is 0 Å². The van der Waals surface area contributed by atoms with Crippen molar-refractivity contribution in [1.29, 1.82) is 0 Å². The number of ether oxygens (including phenoxy) is 1. The van der Waals surface area contributed by atoms with Crippen molar-refractivity contribution in [2.75, 3.05) is 0 Å². The van der Waals surface area contributed by atoms with Crippen molar-refractivity contribution in [1.82, 2.24) is 26.1 Å². The molecule has 0 spiro atoms. The van der Waals surface area contributed by atoms with Crippen LogP contribution in [0.2, 0.25) is 0 Å². The first-order valence-electron chi connectivity index (χ1n) is 8.51. The molecule has 4 N–H and O–H groups in total. The number of carbonyl (C=O) groups is 2. The van der Waals surface area contributed by atoms with Gasteiger partial charge >= 0.3 is 6.09 Å². The second-order valence-electron chi connectivity index (χ2n) is 6.31. The van der Waals surface area contributed by atoms with Gasteiger partial charge < -0.3 is 15.0 Å².